The number of rotatable bonds is 6. The fourth-order valence-electron chi connectivity index (χ4n) is 4.22. The monoisotopic (exact) mass is 440 g/mol. The molecule has 1 atom stereocenters. The molecule has 0 bridgehead atoms. The zero-order valence-corrected chi connectivity index (χ0v) is 19.2. The molecule has 0 spiro atoms. The Morgan fingerprint density at radius 3 is 2.42 bits per heavy atom. The van der Waals surface area contributed by atoms with Crippen LogP contribution in [0.3, 0.4) is 0 Å². The first-order chi connectivity index (χ1) is 15.1. The summed E-state index contributed by atoms with van der Waals surface area (Å²) >= 11 is 5.53. The molecule has 0 amide bonds. The summed E-state index contributed by atoms with van der Waals surface area (Å²) < 4.78 is 5.21. The van der Waals surface area contributed by atoms with Gasteiger partial charge in [-0.15, -0.1) is 0 Å². The van der Waals surface area contributed by atoms with E-state index in [1.807, 2.05) is 24.3 Å². The number of thiocarbonyl (C=S) groups is 1. The predicted molar refractivity (Wildman–Crippen MR) is 130 cm³/mol. The van der Waals surface area contributed by atoms with Gasteiger partial charge in [-0.05, 0) is 61.5 Å². The second-order valence-electron chi connectivity index (χ2n) is 8.45. The summed E-state index contributed by atoms with van der Waals surface area (Å²) in [7, 11) is 1.67. The summed E-state index contributed by atoms with van der Waals surface area (Å²) in [5, 5.41) is 6.98. The van der Waals surface area contributed by atoms with Crippen molar-refractivity contribution in [1.82, 2.24) is 15.3 Å². The number of nitrogens with zero attached hydrogens (tertiary/aromatic N) is 4. The molecule has 2 N–H and O–H groups in total. The van der Waals surface area contributed by atoms with Gasteiger partial charge in [-0.25, -0.2) is 0 Å². The molecule has 0 unspecified atom stereocenters. The molecule has 2 fully saturated rings. The van der Waals surface area contributed by atoms with E-state index in [0.29, 0.717) is 23.5 Å². The molecule has 31 heavy (non-hydrogen) atoms. The van der Waals surface area contributed by atoms with Gasteiger partial charge in [-0.1, -0.05) is 19.1 Å². The van der Waals surface area contributed by atoms with E-state index in [-0.39, 0.29) is 0 Å². The number of benzene rings is 1. The minimum atomic E-state index is 0.521. The van der Waals surface area contributed by atoms with Crippen LogP contribution < -0.4 is 25.2 Å². The molecule has 2 aromatic rings. The predicted octanol–water partition coefficient (Wildman–Crippen LogP) is 3.81. The average molecular weight is 441 g/mol. The van der Waals surface area contributed by atoms with E-state index < -0.39 is 0 Å². The SMILES string of the molecule is COc1ccc(CNC(=S)Nc2nc(N3CCCC3)cc(N3CCC[C@H](C)C3)n2)cc1. The van der Waals surface area contributed by atoms with E-state index in [1.165, 1.54) is 25.7 Å². The first-order valence-corrected chi connectivity index (χ1v) is 11.6. The van der Waals surface area contributed by atoms with E-state index in [9.17, 15) is 0 Å². The van der Waals surface area contributed by atoms with Crippen LogP contribution in [0.4, 0.5) is 17.6 Å². The van der Waals surface area contributed by atoms with Crippen molar-refractivity contribution >= 4 is 34.9 Å². The van der Waals surface area contributed by atoms with Gasteiger partial charge < -0.3 is 25.2 Å². The fraction of sp³-hybridized carbons (Fsp3) is 0.522. The highest BCUT2D eigenvalue weighted by atomic mass is 32.1. The Kier molecular flexibility index (Phi) is 7.06. The van der Waals surface area contributed by atoms with E-state index in [2.05, 4.69) is 33.4 Å². The number of ether oxygens (including phenoxy) is 1. The Morgan fingerprint density at radius 1 is 1.06 bits per heavy atom. The zero-order chi connectivity index (χ0) is 21.6. The van der Waals surface area contributed by atoms with Gasteiger partial charge in [0, 0.05) is 38.8 Å². The van der Waals surface area contributed by atoms with Crippen molar-refractivity contribution in [3.8, 4) is 5.75 Å². The third-order valence-corrected chi connectivity index (χ3v) is 6.19. The third kappa shape index (κ3) is 5.76. The van der Waals surface area contributed by atoms with Gasteiger partial charge >= 0.3 is 0 Å². The van der Waals surface area contributed by atoms with Gasteiger partial charge in [0.05, 0.1) is 7.11 Å². The lowest BCUT2D eigenvalue weighted by Gasteiger charge is -2.32. The molecule has 166 valence electrons. The van der Waals surface area contributed by atoms with Crippen LogP contribution in [0.2, 0.25) is 0 Å². The van der Waals surface area contributed by atoms with Crippen molar-refractivity contribution in [3.63, 3.8) is 0 Å². The Balaban J connectivity index is 1.45. The van der Waals surface area contributed by atoms with E-state index in [1.54, 1.807) is 7.11 Å². The number of hydrogen-bond donors (Lipinski definition) is 2. The van der Waals surface area contributed by atoms with Crippen molar-refractivity contribution in [3.05, 3.63) is 35.9 Å². The molecule has 0 radical (unpaired) electrons. The van der Waals surface area contributed by atoms with Crippen molar-refractivity contribution < 1.29 is 4.74 Å². The second-order valence-corrected chi connectivity index (χ2v) is 8.86. The molecule has 7 nitrogen and oxygen atoms in total. The molecule has 2 saturated heterocycles. The molecule has 3 heterocycles. The Morgan fingerprint density at radius 2 is 1.74 bits per heavy atom. The van der Waals surface area contributed by atoms with Crippen LogP contribution in [-0.4, -0.2) is 48.4 Å². The van der Waals surface area contributed by atoms with Crippen LogP contribution in [0.5, 0.6) is 5.75 Å². The lowest BCUT2D eigenvalue weighted by molar-refractivity contribution is 0.414. The van der Waals surface area contributed by atoms with Crippen molar-refractivity contribution in [2.45, 2.75) is 39.2 Å². The largest absolute Gasteiger partial charge is 0.497 e. The van der Waals surface area contributed by atoms with Crippen LogP contribution >= 0.6 is 12.2 Å². The molecular weight excluding hydrogens is 408 g/mol. The second kappa shape index (κ2) is 10.1. The highest BCUT2D eigenvalue weighted by Gasteiger charge is 2.22. The number of hydrogen-bond acceptors (Lipinski definition) is 6. The number of anilines is 3. The minimum Gasteiger partial charge on any atom is -0.497 e. The lowest BCUT2D eigenvalue weighted by atomic mass is 10.0. The number of aromatic nitrogens is 2. The van der Waals surface area contributed by atoms with Crippen LogP contribution in [0.1, 0.15) is 38.2 Å². The molecular formula is C23H32N6OS. The first-order valence-electron chi connectivity index (χ1n) is 11.2. The van der Waals surface area contributed by atoms with Gasteiger partial charge in [0.25, 0.3) is 0 Å². The lowest BCUT2D eigenvalue weighted by Crippen LogP contribution is -2.35. The normalized spacial score (nSPS) is 18.7. The fourth-order valence-corrected chi connectivity index (χ4v) is 4.38. The Hall–Kier alpha value is -2.61. The number of piperidine rings is 1. The molecule has 2 aliphatic heterocycles. The summed E-state index contributed by atoms with van der Waals surface area (Å²) in [6.07, 6.45) is 4.91. The molecule has 0 saturated carbocycles. The summed E-state index contributed by atoms with van der Waals surface area (Å²) in [6.45, 7) is 7.11. The van der Waals surface area contributed by atoms with Crippen molar-refractivity contribution in [2.75, 3.05) is 48.4 Å². The van der Waals surface area contributed by atoms with Crippen LogP contribution in [0.15, 0.2) is 30.3 Å². The minimum absolute atomic E-state index is 0.521. The molecule has 2 aliphatic rings. The highest BCUT2D eigenvalue weighted by Crippen LogP contribution is 2.27. The summed E-state index contributed by atoms with van der Waals surface area (Å²) in [5.41, 5.74) is 1.12. The topological polar surface area (TPSA) is 65.6 Å². The van der Waals surface area contributed by atoms with Gasteiger partial charge in [-0.2, -0.15) is 9.97 Å². The summed E-state index contributed by atoms with van der Waals surface area (Å²) in [4.78, 5) is 14.3. The van der Waals surface area contributed by atoms with Gasteiger partial charge in [0.15, 0.2) is 5.11 Å². The van der Waals surface area contributed by atoms with E-state index in [0.717, 1.165) is 49.1 Å². The van der Waals surface area contributed by atoms with E-state index in [4.69, 9.17) is 26.9 Å². The number of methoxy groups -OCH3 is 1. The maximum atomic E-state index is 5.53. The van der Waals surface area contributed by atoms with Crippen LogP contribution in [0, 0.1) is 5.92 Å². The number of nitrogens with one attached hydrogen (secondary N) is 2. The standard InChI is InChI=1S/C23H32N6OS/c1-17-6-5-13-29(16-17)21-14-20(28-11-3-4-12-28)25-22(26-21)27-23(31)24-15-18-7-9-19(30-2)10-8-18/h7-10,14,17H,3-6,11-13,15-16H2,1-2H3,(H2,24,25,26,27,31)/t17-/m0/s1. The maximum Gasteiger partial charge on any atom is 0.232 e. The van der Waals surface area contributed by atoms with Crippen LogP contribution in [0.25, 0.3) is 0 Å². The highest BCUT2D eigenvalue weighted by molar-refractivity contribution is 7.80. The smallest absolute Gasteiger partial charge is 0.232 e. The molecule has 1 aromatic heterocycles. The maximum absolute atomic E-state index is 5.53. The van der Waals surface area contributed by atoms with Crippen molar-refractivity contribution in [2.24, 2.45) is 5.92 Å². The van der Waals surface area contributed by atoms with Crippen molar-refractivity contribution in [1.29, 1.82) is 0 Å². The summed E-state index contributed by atoms with van der Waals surface area (Å²) in [5.74, 6) is 4.06. The van der Waals surface area contributed by atoms with Gasteiger partial charge in [0.2, 0.25) is 5.95 Å². The van der Waals surface area contributed by atoms with Gasteiger partial charge in [0.1, 0.15) is 17.4 Å². The van der Waals surface area contributed by atoms with E-state index >= 15 is 0 Å². The third-order valence-electron chi connectivity index (χ3n) is 5.95. The molecule has 0 aliphatic carbocycles. The van der Waals surface area contributed by atoms with Crippen LogP contribution in [-0.2, 0) is 6.54 Å². The quantitative estimate of drug-likeness (QED) is 0.658. The molecule has 1 aromatic carbocycles. The molecule has 4 rings (SSSR count). The zero-order valence-electron chi connectivity index (χ0n) is 18.4. The summed E-state index contributed by atoms with van der Waals surface area (Å²) in [6, 6.07) is 10.1. The average Bonchev–Trinajstić information content (AvgIpc) is 3.33. The molecule has 8 heteroatoms. The van der Waals surface area contributed by atoms with Gasteiger partial charge in [-0.3, -0.25) is 0 Å². The first kappa shape index (κ1) is 21.6. The Bertz CT molecular complexity index is 884. The Labute approximate surface area is 190 Å².